The van der Waals surface area contributed by atoms with E-state index >= 15 is 0 Å². The standard InChI is InChI=1S/C22H25NO3/c1-15(21(25)26-4)17-10-11-19-18(14-17)12-13-22(2,3)23(19)20(24)16-8-6-5-7-9-16/h5-11,14-15H,12-13H2,1-4H3. The summed E-state index contributed by atoms with van der Waals surface area (Å²) in [4.78, 5) is 27.0. The predicted octanol–water partition coefficient (Wildman–Crippen LogP) is 4.33. The lowest BCUT2D eigenvalue weighted by Gasteiger charge is -2.43. The van der Waals surface area contributed by atoms with Crippen molar-refractivity contribution in [2.45, 2.75) is 45.1 Å². The Balaban J connectivity index is 2.02. The van der Waals surface area contributed by atoms with Crippen LogP contribution in [0, 0.1) is 0 Å². The predicted molar refractivity (Wildman–Crippen MR) is 103 cm³/mol. The molecule has 1 atom stereocenters. The van der Waals surface area contributed by atoms with Crippen molar-refractivity contribution >= 4 is 17.6 Å². The Morgan fingerprint density at radius 3 is 2.46 bits per heavy atom. The van der Waals surface area contributed by atoms with Crippen LogP contribution in [0.15, 0.2) is 48.5 Å². The Kier molecular flexibility index (Phi) is 4.86. The number of ether oxygens (including phenoxy) is 1. The van der Waals surface area contributed by atoms with Crippen LogP contribution in [0.25, 0.3) is 0 Å². The number of aryl methyl sites for hydroxylation is 1. The Morgan fingerprint density at radius 1 is 1.12 bits per heavy atom. The molecule has 1 aliphatic heterocycles. The number of carbonyl (C=O) groups is 2. The molecule has 0 fully saturated rings. The highest BCUT2D eigenvalue weighted by Crippen LogP contribution is 2.39. The SMILES string of the molecule is COC(=O)C(C)c1ccc2c(c1)CCC(C)(C)N2C(=O)c1ccccc1. The molecule has 0 spiro atoms. The van der Waals surface area contributed by atoms with Crippen LogP contribution in [0.2, 0.25) is 0 Å². The molecule has 4 nitrogen and oxygen atoms in total. The fourth-order valence-electron chi connectivity index (χ4n) is 3.58. The molecule has 0 saturated carbocycles. The van der Waals surface area contributed by atoms with Crippen molar-refractivity contribution in [2.75, 3.05) is 12.0 Å². The van der Waals surface area contributed by atoms with Gasteiger partial charge in [-0.15, -0.1) is 0 Å². The van der Waals surface area contributed by atoms with Gasteiger partial charge in [0.2, 0.25) is 0 Å². The van der Waals surface area contributed by atoms with Crippen LogP contribution in [-0.4, -0.2) is 24.5 Å². The number of rotatable bonds is 3. The van der Waals surface area contributed by atoms with Crippen LogP contribution < -0.4 is 4.90 Å². The minimum absolute atomic E-state index is 0.00492. The van der Waals surface area contributed by atoms with E-state index in [-0.39, 0.29) is 23.3 Å². The average molecular weight is 351 g/mol. The monoisotopic (exact) mass is 351 g/mol. The molecule has 2 aromatic rings. The van der Waals surface area contributed by atoms with E-state index in [1.165, 1.54) is 7.11 Å². The Bertz CT molecular complexity index is 827. The molecule has 1 heterocycles. The van der Waals surface area contributed by atoms with Crippen LogP contribution in [-0.2, 0) is 16.0 Å². The van der Waals surface area contributed by atoms with Gasteiger partial charge in [0.25, 0.3) is 5.91 Å². The third kappa shape index (κ3) is 3.24. The molecular weight excluding hydrogens is 326 g/mol. The van der Waals surface area contributed by atoms with Crippen molar-refractivity contribution in [1.82, 2.24) is 0 Å². The van der Waals surface area contributed by atoms with Crippen LogP contribution in [0.5, 0.6) is 0 Å². The first-order chi connectivity index (χ1) is 12.3. The first kappa shape index (κ1) is 18.2. The quantitative estimate of drug-likeness (QED) is 0.773. The minimum Gasteiger partial charge on any atom is -0.469 e. The van der Waals surface area contributed by atoms with E-state index < -0.39 is 0 Å². The number of methoxy groups -OCH3 is 1. The summed E-state index contributed by atoms with van der Waals surface area (Å²) >= 11 is 0. The lowest BCUT2D eigenvalue weighted by atomic mass is 9.84. The lowest BCUT2D eigenvalue weighted by Crippen LogP contribution is -2.51. The third-order valence-electron chi connectivity index (χ3n) is 5.23. The molecule has 0 bridgehead atoms. The number of esters is 1. The topological polar surface area (TPSA) is 46.6 Å². The number of hydrogen-bond donors (Lipinski definition) is 0. The number of benzene rings is 2. The highest BCUT2D eigenvalue weighted by atomic mass is 16.5. The van der Waals surface area contributed by atoms with Crippen molar-refractivity contribution in [3.8, 4) is 0 Å². The van der Waals surface area contributed by atoms with Gasteiger partial charge in [-0.3, -0.25) is 9.59 Å². The fourth-order valence-corrected chi connectivity index (χ4v) is 3.58. The molecule has 2 aromatic carbocycles. The van der Waals surface area contributed by atoms with E-state index in [0.717, 1.165) is 29.7 Å². The zero-order valence-electron chi connectivity index (χ0n) is 15.8. The molecule has 0 aromatic heterocycles. The normalized spacial score (nSPS) is 16.5. The van der Waals surface area contributed by atoms with Gasteiger partial charge >= 0.3 is 5.97 Å². The number of nitrogens with zero attached hydrogens (tertiary/aromatic N) is 1. The Hall–Kier alpha value is -2.62. The zero-order chi connectivity index (χ0) is 18.9. The fraction of sp³-hybridized carbons (Fsp3) is 0.364. The van der Waals surface area contributed by atoms with Crippen LogP contribution >= 0.6 is 0 Å². The summed E-state index contributed by atoms with van der Waals surface area (Å²) in [7, 11) is 1.40. The van der Waals surface area contributed by atoms with Crippen molar-refractivity contribution in [3.63, 3.8) is 0 Å². The molecule has 3 rings (SSSR count). The first-order valence-electron chi connectivity index (χ1n) is 8.95. The van der Waals surface area contributed by atoms with Crippen LogP contribution in [0.3, 0.4) is 0 Å². The van der Waals surface area contributed by atoms with Gasteiger partial charge in [0.1, 0.15) is 0 Å². The van der Waals surface area contributed by atoms with Crippen molar-refractivity contribution in [3.05, 3.63) is 65.2 Å². The maximum absolute atomic E-state index is 13.2. The number of carbonyl (C=O) groups excluding carboxylic acids is 2. The van der Waals surface area contributed by atoms with Gasteiger partial charge in [-0.25, -0.2) is 0 Å². The summed E-state index contributed by atoms with van der Waals surface area (Å²) in [5.41, 5.74) is 3.36. The summed E-state index contributed by atoms with van der Waals surface area (Å²) in [6, 6.07) is 15.3. The number of anilines is 1. The molecule has 0 N–H and O–H groups in total. The van der Waals surface area contributed by atoms with Crippen LogP contribution in [0.1, 0.15) is 54.6 Å². The van der Waals surface area contributed by atoms with Gasteiger partial charge in [-0.05, 0) is 62.9 Å². The van der Waals surface area contributed by atoms with E-state index in [2.05, 4.69) is 13.8 Å². The molecule has 1 aliphatic rings. The van der Waals surface area contributed by atoms with E-state index in [9.17, 15) is 9.59 Å². The molecule has 0 aliphatic carbocycles. The second-order valence-corrected chi connectivity index (χ2v) is 7.45. The smallest absolute Gasteiger partial charge is 0.312 e. The lowest BCUT2D eigenvalue weighted by molar-refractivity contribution is -0.141. The number of hydrogen-bond acceptors (Lipinski definition) is 3. The van der Waals surface area contributed by atoms with Gasteiger partial charge in [0, 0.05) is 16.8 Å². The number of fused-ring (bicyclic) bond motifs is 1. The van der Waals surface area contributed by atoms with Gasteiger partial charge in [0.15, 0.2) is 0 Å². The van der Waals surface area contributed by atoms with Gasteiger partial charge in [-0.1, -0.05) is 30.3 Å². The molecule has 0 radical (unpaired) electrons. The van der Waals surface area contributed by atoms with Gasteiger partial charge in [0.05, 0.1) is 13.0 Å². The summed E-state index contributed by atoms with van der Waals surface area (Å²) in [5.74, 6) is -0.567. The van der Waals surface area contributed by atoms with E-state index in [0.29, 0.717) is 5.56 Å². The van der Waals surface area contributed by atoms with E-state index in [1.807, 2.05) is 60.4 Å². The summed E-state index contributed by atoms with van der Waals surface area (Å²) < 4.78 is 4.86. The molecule has 1 unspecified atom stereocenters. The van der Waals surface area contributed by atoms with Crippen molar-refractivity contribution < 1.29 is 14.3 Å². The van der Waals surface area contributed by atoms with E-state index in [1.54, 1.807) is 0 Å². The average Bonchev–Trinajstić information content (AvgIpc) is 2.66. The molecule has 136 valence electrons. The van der Waals surface area contributed by atoms with Crippen LogP contribution in [0.4, 0.5) is 5.69 Å². The largest absolute Gasteiger partial charge is 0.469 e. The third-order valence-corrected chi connectivity index (χ3v) is 5.23. The highest BCUT2D eigenvalue weighted by molar-refractivity contribution is 6.07. The molecule has 0 saturated heterocycles. The molecule has 4 heteroatoms. The molecular formula is C22H25NO3. The van der Waals surface area contributed by atoms with Crippen molar-refractivity contribution in [1.29, 1.82) is 0 Å². The molecule has 1 amide bonds. The zero-order valence-corrected chi connectivity index (χ0v) is 15.8. The summed E-state index contributed by atoms with van der Waals surface area (Å²) in [6.07, 6.45) is 1.75. The second-order valence-electron chi connectivity index (χ2n) is 7.45. The van der Waals surface area contributed by atoms with Gasteiger partial charge < -0.3 is 9.64 Å². The summed E-state index contributed by atoms with van der Waals surface area (Å²) in [6.45, 7) is 6.04. The minimum atomic E-state index is -0.321. The highest BCUT2D eigenvalue weighted by Gasteiger charge is 2.37. The Morgan fingerprint density at radius 2 is 1.81 bits per heavy atom. The molecule has 26 heavy (non-hydrogen) atoms. The first-order valence-corrected chi connectivity index (χ1v) is 8.95. The summed E-state index contributed by atoms with van der Waals surface area (Å²) in [5, 5.41) is 0. The van der Waals surface area contributed by atoms with Gasteiger partial charge in [-0.2, -0.15) is 0 Å². The van der Waals surface area contributed by atoms with E-state index in [4.69, 9.17) is 4.74 Å². The number of amides is 1. The second kappa shape index (κ2) is 6.94. The van der Waals surface area contributed by atoms with Crippen molar-refractivity contribution in [2.24, 2.45) is 0 Å². The maximum atomic E-state index is 13.2. The Labute approximate surface area is 154 Å². The maximum Gasteiger partial charge on any atom is 0.312 e.